The van der Waals surface area contributed by atoms with Crippen LogP contribution in [0.2, 0.25) is 0 Å². The Morgan fingerprint density at radius 1 is 1.29 bits per heavy atom. The van der Waals surface area contributed by atoms with Crippen molar-refractivity contribution in [2.24, 2.45) is 5.92 Å². The zero-order valence-corrected chi connectivity index (χ0v) is 12.5. The van der Waals surface area contributed by atoms with E-state index >= 15 is 0 Å². The van der Waals surface area contributed by atoms with Crippen LogP contribution in [-0.2, 0) is 4.74 Å². The van der Waals surface area contributed by atoms with Crippen LogP contribution in [0.4, 0.5) is 0 Å². The van der Waals surface area contributed by atoms with Gasteiger partial charge in [0, 0.05) is 32.8 Å². The quantitative estimate of drug-likeness (QED) is 0.565. The maximum absolute atomic E-state index is 5.09. The van der Waals surface area contributed by atoms with E-state index in [9.17, 15) is 0 Å². The molecule has 2 unspecified atom stereocenters. The maximum Gasteiger partial charge on any atom is 0.0474 e. The third-order valence-electron chi connectivity index (χ3n) is 3.38. The number of nitrogens with one attached hydrogen (secondary N) is 1. The van der Waals surface area contributed by atoms with Gasteiger partial charge in [0.2, 0.25) is 0 Å². The average molecular weight is 244 g/mol. The van der Waals surface area contributed by atoms with E-state index in [1.54, 1.807) is 7.11 Å². The molecule has 0 spiro atoms. The first-order valence-electron chi connectivity index (χ1n) is 7.06. The predicted molar refractivity (Wildman–Crippen MR) is 75.5 cm³/mol. The molecule has 0 aromatic carbocycles. The van der Waals surface area contributed by atoms with E-state index in [4.69, 9.17) is 4.74 Å². The number of methoxy groups -OCH3 is 1. The van der Waals surface area contributed by atoms with Gasteiger partial charge in [-0.1, -0.05) is 27.2 Å². The molecule has 0 radical (unpaired) electrons. The minimum absolute atomic E-state index is 0.618. The third kappa shape index (κ3) is 8.58. The summed E-state index contributed by atoms with van der Waals surface area (Å²) in [4.78, 5) is 2.42. The minimum Gasteiger partial charge on any atom is -0.385 e. The van der Waals surface area contributed by atoms with Gasteiger partial charge in [-0.25, -0.2) is 0 Å². The fourth-order valence-corrected chi connectivity index (χ4v) is 1.97. The van der Waals surface area contributed by atoms with Crippen molar-refractivity contribution >= 4 is 0 Å². The molecule has 104 valence electrons. The fraction of sp³-hybridized carbons (Fsp3) is 1.00. The maximum atomic E-state index is 5.09. The largest absolute Gasteiger partial charge is 0.385 e. The Morgan fingerprint density at radius 3 is 2.53 bits per heavy atom. The molecule has 0 fully saturated rings. The number of likely N-dealkylation sites (N-methyl/N-ethyl adjacent to an activating group) is 1. The molecule has 0 rings (SSSR count). The van der Waals surface area contributed by atoms with Gasteiger partial charge in [0.1, 0.15) is 0 Å². The van der Waals surface area contributed by atoms with Crippen LogP contribution in [0.5, 0.6) is 0 Å². The topological polar surface area (TPSA) is 24.5 Å². The number of hydrogen-bond acceptors (Lipinski definition) is 3. The molecule has 0 saturated carbocycles. The van der Waals surface area contributed by atoms with Gasteiger partial charge >= 0.3 is 0 Å². The van der Waals surface area contributed by atoms with Crippen molar-refractivity contribution in [1.82, 2.24) is 10.2 Å². The smallest absolute Gasteiger partial charge is 0.0474 e. The van der Waals surface area contributed by atoms with Crippen molar-refractivity contribution in [3.05, 3.63) is 0 Å². The summed E-state index contributed by atoms with van der Waals surface area (Å²) >= 11 is 0. The number of hydrogen-bond donors (Lipinski definition) is 1. The van der Waals surface area contributed by atoms with Gasteiger partial charge in [0.25, 0.3) is 0 Å². The van der Waals surface area contributed by atoms with Gasteiger partial charge in [-0.15, -0.1) is 0 Å². The molecule has 0 aromatic rings. The van der Waals surface area contributed by atoms with Crippen molar-refractivity contribution in [2.45, 2.75) is 46.1 Å². The number of ether oxygens (including phenoxy) is 1. The van der Waals surface area contributed by atoms with Crippen LogP contribution in [0.15, 0.2) is 0 Å². The third-order valence-corrected chi connectivity index (χ3v) is 3.38. The SMILES string of the molecule is CCCNC(CN(C)CCCOC)C(C)CC. The summed E-state index contributed by atoms with van der Waals surface area (Å²) in [6, 6.07) is 0.618. The summed E-state index contributed by atoms with van der Waals surface area (Å²) in [5.74, 6) is 0.742. The Hall–Kier alpha value is -0.120. The summed E-state index contributed by atoms with van der Waals surface area (Å²) in [6.07, 6.45) is 3.57. The highest BCUT2D eigenvalue weighted by molar-refractivity contribution is 4.75. The second kappa shape index (κ2) is 11.0. The van der Waals surface area contributed by atoms with Gasteiger partial charge in [0.05, 0.1) is 0 Å². The first kappa shape index (κ1) is 16.9. The number of nitrogens with zero attached hydrogens (tertiary/aromatic N) is 1. The van der Waals surface area contributed by atoms with Gasteiger partial charge in [-0.3, -0.25) is 0 Å². The van der Waals surface area contributed by atoms with Crippen molar-refractivity contribution in [3.63, 3.8) is 0 Å². The van der Waals surface area contributed by atoms with Crippen molar-refractivity contribution in [2.75, 3.05) is 40.4 Å². The molecule has 0 heterocycles. The van der Waals surface area contributed by atoms with Crippen LogP contribution in [0.25, 0.3) is 0 Å². The minimum atomic E-state index is 0.618. The van der Waals surface area contributed by atoms with Crippen LogP contribution in [0, 0.1) is 5.92 Å². The predicted octanol–water partition coefficient (Wildman–Crippen LogP) is 2.37. The molecule has 0 aliphatic rings. The average Bonchev–Trinajstić information content (AvgIpc) is 2.33. The lowest BCUT2D eigenvalue weighted by atomic mass is 9.98. The first-order chi connectivity index (χ1) is 8.15. The summed E-state index contributed by atoms with van der Waals surface area (Å²) in [6.45, 7) is 11.1. The molecule has 0 aliphatic carbocycles. The highest BCUT2D eigenvalue weighted by atomic mass is 16.5. The Kier molecular flexibility index (Phi) is 10.9. The van der Waals surface area contributed by atoms with Gasteiger partial charge in [-0.2, -0.15) is 0 Å². The van der Waals surface area contributed by atoms with Gasteiger partial charge < -0.3 is 15.0 Å². The summed E-state index contributed by atoms with van der Waals surface area (Å²) in [5, 5.41) is 3.67. The molecular weight excluding hydrogens is 212 g/mol. The zero-order valence-electron chi connectivity index (χ0n) is 12.5. The van der Waals surface area contributed by atoms with Crippen molar-refractivity contribution in [1.29, 1.82) is 0 Å². The second-order valence-electron chi connectivity index (χ2n) is 5.05. The fourth-order valence-electron chi connectivity index (χ4n) is 1.97. The Labute approximate surface area is 108 Å². The van der Waals surface area contributed by atoms with Crippen LogP contribution >= 0.6 is 0 Å². The summed E-state index contributed by atoms with van der Waals surface area (Å²) < 4.78 is 5.09. The molecule has 2 atom stereocenters. The lowest BCUT2D eigenvalue weighted by Gasteiger charge is -2.29. The highest BCUT2D eigenvalue weighted by Crippen LogP contribution is 2.09. The molecule has 0 amide bonds. The lowest BCUT2D eigenvalue weighted by Crippen LogP contribution is -2.44. The second-order valence-corrected chi connectivity index (χ2v) is 5.05. The highest BCUT2D eigenvalue weighted by Gasteiger charge is 2.16. The molecule has 3 heteroatoms. The molecule has 0 bridgehead atoms. The van der Waals surface area contributed by atoms with Crippen LogP contribution < -0.4 is 5.32 Å². The number of rotatable bonds is 11. The molecule has 1 N–H and O–H groups in total. The monoisotopic (exact) mass is 244 g/mol. The van der Waals surface area contributed by atoms with E-state index < -0.39 is 0 Å². The van der Waals surface area contributed by atoms with E-state index in [1.807, 2.05) is 0 Å². The molecule has 0 aliphatic heterocycles. The van der Waals surface area contributed by atoms with E-state index in [1.165, 1.54) is 12.8 Å². The molecule has 17 heavy (non-hydrogen) atoms. The Bertz CT molecular complexity index is 164. The van der Waals surface area contributed by atoms with E-state index in [0.717, 1.165) is 38.6 Å². The van der Waals surface area contributed by atoms with E-state index in [2.05, 4.69) is 38.0 Å². The molecular formula is C14H32N2O. The van der Waals surface area contributed by atoms with Crippen molar-refractivity contribution < 1.29 is 4.74 Å². The van der Waals surface area contributed by atoms with Crippen LogP contribution in [-0.4, -0.2) is 51.3 Å². The summed E-state index contributed by atoms with van der Waals surface area (Å²) in [7, 11) is 3.98. The zero-order chi connectivity index (χ0) is 13.1. The van der Waals surface area contributed by atoms with Crippen LogP contribution in [0.1, 0.15) is 40.0 Å². The van der Waals surface area contributed by atoms with Crippen LogP contribution in [0.3, 0.4) is 0 Å². The normalized spacial score (nSPS) is 15.2. The lowest BCUT2D eigenvalue weighted by molar-refractivity contribution is 0.171. The molecule has 0 aromatic heterocycles. The molecule has 0 saturated heterocycles. The first-order valence-corrected chi connectivity index (χ1v) is 7.06. The Balaban J connectivity index is 3.94. The van der Waals surface area contributed by atoms with Crippen molar-refractivity contribution in [3.8, 4) is 0 Å². The van der Waals surface area contributed by atoms with Gasteiger partial charge in [0.15, 0.2) is 0 Å². The summed E-state index contributed by atoms with van der Waals surface area (Å²) in [5.41, 5.74) is 0. The Morgan fingerprint density at radius 2 is 2.00 bits per heavy atom. The van der Waals surface area contributed by atoms with Gasteiger partial charge in [-0.05, 0) is 32.4 Å². The molecule has 3 nitrogen and oxygen atoms in total. The van der Waals surface area contributed by atoms with E-state index in [0.29, 0.717) is 6.04 Å². The standard InChI is InChI=1S/C14H32N2O/c1-6-9-15-14(13(3)7-2)12-16(4)10-8-11-17-5/h13-15H,6-12H2,1-5H3. The van der Waals surface area contributed by atoms with E-state index in [-0.39, 0.29) is 0 Å².